The lowest BCUT2D eigenvalue weighted by atomic mass is 10.0. The van der Waals surface area contributed by atoms with E-state index in [9.17, 15) is 14.7 Å². The Morgan fingerprint density at radius 1 is 1.11 bits per heavy atom. The van der Waals surface area contributed by atoms with Crippen LogP contribution in [0.5, 0.6) is 0 Å². The van der Waals surface area contributed by atoms with Gasteiger partial charge in [0.05, 0.1) is 5.75 Å². The van der Waals surface area contributed by atoms with E-state index in [0.29, 0.717) is 0 Å². The van der Waals surface area contributed by atoms with Crippen LogP contribution < -0.4 is 5.73 Å². The fourth-order valence-corrected chi connectivity index (χ4v) is 4.38. The molecule has 138 valence electrons. The molecule has 0 aliphatic carbocycles. The molecule has 1 amide bonds. The van der Waals surface area contributed by atoms with E-state index in [1.807, 2.05) is 60.7 Å². The summed E-state index contributed by atoms with van der Waals surface area (Å²) in [6.45, 7) is 0. The van der Waals surface area contributed by atoms with Gasteiger partial charge in [0.25, 0.3) is 0 Å². The molecule has 1 fully saturated rings. The Balaban J connectivity index is 1.65. The third-order valence-electron chi connectivity index (χ3n) is 4.61. The second kappa shape index (κ2) is 7.09. The Morgan fingerprint density at radius 3 is 2.22 bits per heavy atom. The van der Waals surface area contributed by atoms with Crippen LogP contribution in [0.15, 0.2) is 72.1 Å². The summed E-state index contributed by atoms with van der Waals surface area (Å²) in [4.78, 5) is 26.3. The Kier molecular flexibility index (Phi) is 4.63. The van der Waals surface area contributed by atoms with Crippen LogP contribution >= 0.6 is 11.8 Å². The highest BCUT2D eigenvalue weighted by molar-refractivity contribution is 8.00. The molecule has 0 radical (unpaired) electrons. The summed E-state index contributed by atoms with van der Waals surface area (Å²) in [7, 11) is 0. The zero-order valence-electron chi connectivity index (χ0n) is 14.3. The first-order chi connectivity index (χ1) is 13.1. The maximum absolute atomic E-state index is 12.9. The fourth-order valence-electron chi connectivity index (χ4n) is 3.24. The Bertz CT molecular complexity index is 861. The number of ether oxygens (including phenoxy) is 1. The van der Waals surface area contributed by atoms with Gasteiger partial charge in [0.1, 0.15) is 17.2 Å². The highest BCUT2D eigenvalue weighted by Crippen LogP contribution is 2.40. The molecule has 27 heavy (non-hydrogen) atoms. The Hall–Kier alpha value is -2.77. The van der Waals surface area contributed by atoms with Gasteiger partial charge < -0.3 is 15.6 Å². The topological polar surface area (TPSA) is 92.9 Å². The van der Waals surface area contributed by atoms with Gasteiger partial charge >= 0.3 is 5.97 Å². The molecule has 6 nitrogen and oxygen atoms in total. The average molecular weight is 382 g/mol. The smallest absolute Gasteiger partial charge is 0.359 e. The molecule has 1 unspecified atom stereocenters. The number of carbonyl (C=O) groups excluding carboxylic acids is 2. The van der Waals surface area contributed by atoms with E-state index in [4.69, 9.17) is 10.5 Å². The van der Waals surface area contributed by atoms with E-state index < -0.39 is 18.1 Å². The van der Waals surface area contributed by atoms with Crippen LogP contribution in [0.1, 0.15) is 17.2 Å². The van der Waals surface area contributed by atoms with Gasteiger partial charge in [-0.3, -0.25) is 9.69 Å². The molecule has 2 aromatic carbocycles. The van der Waals surface area contributed by atoms with Gasteiger partial charge in [0.2, 0.25) is 5.91 Å². The minimum absolute atomic E-state index is 0.109. The van der Waals surface area contributed by atoms with Gasteiger partial charge in [-0.25, -0.2) is 4.79 Å². The van der Waals surface area contributed by atoms with Crippen LogP contribution in [0.25, 0.3) is 0 Å². The number of rotatable bonds is 4. The third kappa shape index (κ3) is 3.09. The monoisotopic (exact) mass is 382 g/mol. The molecule has 0 spiro atoms. The van der Waals surface area contributed by atoms with Crippen molar-refractivity contribution in [3.8, 4) is 0 Å². The molecule has 7 heteroatoms. The lowest BCUT2D eigenvalue weighted by Gasteiger charge is -2.47. The summed E-state index contributed by atoms with van der Waals surface area (Å²) in [5, 5.41) is 9.90. The first-order valence-electron chi connectivity index (χ1n) is 8.51. The van der Waals surface area contributed by atoms with Crippen LogP contribution in [0.2, 0.25) is 0 Å². The second-order valence-electron chi connectivity index (χ2n) is 6.34. The van der Waals surface area contributed by atoms with Crippen LogP contribution in [0.4, 0.5) is 0 Å². The summed E-state index contributed by atoms with van der Waals surface area (Å²) in [5.41, 5.74) is 7.28. The number of fused-ring (bicyclic) bond motifs is 1. The van der Waals surface area contributed by atoms with Crippen molar-refractivity contribution in [3.05, 3.63) is 83.2 Å². The maximum atomic E-state index is 12.9. The summed E-state index contributed by atoms with van der Waals surface area (Å²) >= 11 is 1.33. The van der Waals surface area contributed by atoms with Crippen molar-refractivity contribution in [1.29, 1.82) is 0 Å². The fraction of sp³-hybridized carbons (Fsp3) is 0.200. The standard InChI is InChI=1S/C20H18N2O4S/c21-15-18(24)22-16(14(23)11-27-19(15)22)20(25)26-17(12-7-3-1-4-8-12)13-9-5-2-6-10-13/h1-10,15,17,19,23H,11,21H2/t15?,19-/m0/s1. The van der Waals surface area contributed by atoms with Crippen molar-refractivity contribution in [1.82, 2.24) is 4.90 Å². The van der Waals surface area contributed by atoms with E-state index in [1.54, 1.807) is 0 Å². The maximum Gasteiger partial charge on any atom is 0.359 e. The normalized spacial score (nSPS) is 21.7. The van der Waals surface area contributed by atoms with Crippen LogP contribution in [0, 0.1) is 0 Å². The van der Waals surface area contributed by atoms with Gasteiger partial charge in [-0.15, -0.1) is 11.8 Å². The Labute approximate surface area is 160 Å². The predicted octanol–water partition coefficient (Wildman–Crippen LogP) is 2.33. The van der Waals surface area contributed by atoms with Gasteiger partial charge in [-0.1, -0.05) is 60.7 Å². The van der Waals surface area contributed by atoms with Crippen molar-refractivity contribution in [2.75, 3.05) is 5.75 Å². The molecule has 2 aliphatic heterocycles. The van der Waals surface area contributed by atoms with E-state index in [1.165, 1.54) is 16.7 Å². The highest BCUT2D eigenvalue weighted by atomic mass is 32.2. The molecule has 1 saturated heterocycles. The third-order valence-corrected chi connectivity index (χ3v) is 5.90. The van der Waals surface area contributed by atoms with E-state index in [2.05, 4.69) is 0 Å². The lowest BCUT2D eigenvalue weighted by molar-refractivity contribution is -0.153. The number of thioether (sulfide) groups is 1. The summed E-state index contributed by atoms with van der Waals surface area (Å²) in [5.74, 6) is -1.08. The first-order valence-corrected chi connectivity index (χ1v) is 9.56. The zero-order chi connectivity index (χ0) is 19.0. The minimum Gasteiger partial charge on any atom is -0.509 e. The van der Waals surface area contributed by atoms with Crippen molar-refractivity contribution >= 4 is 23.6 Å². The lowest BCUT2D eigenvalue weighted by Crippen LogP contribution is -2.68. The number of amides is 1. The molecule has 0 saturated carbocycles. The number of benzene rings is 2. The number of carbonyl (C=O) groups is 2. The zero-order valence-corrected chi connectivity index (χ0v) is 15.1. The van der Waals surface area contributed by atoms with E-state index in [-0.39, 0.29) is 28.5 Å². The first kappa shape index (κ1) is 17.6. The molecule has 3 N–H and O–H groups in total. The molecule has 2 aromatic rings. The summed E-state index contributed by atoms with van der Waals surface area (Å²) in [6.07, 6.45) is -0.654. The van der Waals surface area contributed by atoms with Crippen molar-refractivity contribution in [2.24, 2.45) is 5.73 Å². The SMILES string of the molecule is NC1C(=O)N2C(C(=O)OC(c3ccccc3)c3ccccc3)=C(O)CS[C@@H]12. The quantitative estimate of drug-likeness (QED) is 0.623. The predicted molar refractivity (Wildman–Crippen MR) is 102 cm³/mol. The molecular weight excluding hydrogens is 364 g/mol. The number of aliphatic hydroxyl groups is 1. The van der Waals surface area contributed by atoms with Crippen LogP contribution in [-0.4, -0.2) is 39.1 Å². The largest absolute Gasteiger partial charge is 0.509 e. The van der Waals surface area contributed by atoms with Gasteiger partial charge in [0, 0.05) is 0 Å². The molecule has 2 aliphatic rings. The molecule has 0 bridgehead atoms. The van der Waals surface area contributed by atoms with Crippen molar-refractivity contribution in [3.63, 3.8) is 0 Å². The minimum atomic E-state index is -0.740. The summed E-state index contributed by atoms with van der Waals surface area (Å²) in [6, 6.07) is 18.0. The van der Waals surface area contributed by atoms with Crippen LogP contribution in [-0.2, 0) is 14.3 Å². The molecular formula is C20H18N2O4S. The highest BCUT2D eigenvalue weighted by Gasteiger charge is 2.52. The number of hydrogen-bond acceptors (Lipinski definition) is 6. The number of aliphatic hydroxyl groups excluding tert-OH is 1. The van der Waals surface area contributed by atoms with E-state index in [0.717, 1.165) is 11.1 Å². The van der Waals surface area contributed by atoms with Gasteiger partial charge in [0.15, 0.2) is 11.8 Å². The number of nitrogens with two attached hydrogens (primary N) is 1. The van der Waals surface area contributed by atoms with E-state index >= 15 is 0 Å². The van der Waals surface area contributed by atoms with Gasteiger partial charge in [-0.2, -0.15) is 0 Å². The second-order valence-corrected chi connectivity index (χ2v) is 7.44. The average Bonchev–Trinajstić information content (AvgIpc) is 2.72. The number of esters is 1. The molecule has 2 atom stereocenters. The summed E-state index contributed by atoms with van der Waals surface area (Å²) < 4.78 is 5.77. The number of hydrogen-bond donors (Lipinski definition) is 2. The Morgan fingerprint density at radius 2 is 1.67 bits per heavy atom. The molecule has 2 heterocycles. The van der Waals surface area contributed by atoms with Crippen molar-refractivity contribution in [2.45, 2.75) is 17.5 Å². The number of nitrogens with zero attached hydrogens (tertiary/aromatic N) is 1. The van der Waals surface area contributed by atoms with Crippen LogP contribution in [0.3, 0.4) is 0 Å². The number of β-lactam (4-membered cyclic amide) rings is 1. The molecule has 0 aromatic heterocycles. The van der Waals surface area contributed by atoms with Gasteiger partial charge in [-0.05, 0) is 11.1 Å². The molecule has 4 rings (SSSR count). The van der Waals surface area contributed by atoms with Crippen molar-refractivity contribution < 1.29 is 19.4 Å².